The molecule has 4 nitrogen and oxygen atoms in total. The van der Waals surface area contributed by atoms with E-state index in [2.05, 4.69) is 0 Å². The molecular formula is C13H22O4. The first-order chi connectivity index (χ1) is 7.76. The molecule has 0 bridgehead atoms. The van der Waals surface area contributed by atoms with E-state index in [9.17, 15) is 9.59 Å². The topological polar surface area (TPSA) is 52.6 Å². The van der Waals surface area contributed by atoms with Crippen molar-refractivity contribution in [1.82, 2.24) is 0 Å². The minimum absolute atomic E-state index is 0.0889. The van der Waals surface area contributed by atoms with Crippen LogP contribution in [0.3, 0.4) is 0 Å². The number of rotatable bonds is 5. The van der Waals surface area contributed by atoms with Crippen molar-refractivity contribution in [3.63, 3.8) is 0 Å². The lowest BCUT2D eigenvalue weighted by atomic mass is 10.1. The second-order valence-corrected chi connectivity index (χ2v) is 5.73. The number of carbonyl (C=O) groups excluding carboxylic acids is 2. The lowest BCUT2D eigenvalue weighted by Crippen LogP contribution is -2.14. The Balaban J connectivity index is 2.43. The highest BCUT2D eigenvalue weighted by atomic mass is 16.5. The zero-order valence-electron chi connectivity index (χ0n) is 11.3. The molecule has 98 valence electrons. The number of carbonyl (C=O) groups is 2. The minimum Gasteiger partial charge on any atom is -0.466 e. The summed E-state index contributed by atoms with van der Waals surface area (Å²) in [6.45, 7) is 10.1. The summed E-state index contributed by atoms with van der Waals surface area (Å²) in [6, 6.07) is 0. The SMILES string of the molecule is CC(=O)OCC1C(C(=O)OCC(C)C)C1(C)C. The van der Waals surface area contributed by atoms with E-state index >= 15 is 0 Å². The maximum atomic E-state index is 11.8. The normalized spacial score (nSPS) is 25.5. The molecule has 1 saturated carbocycles. The molecule has 0 amide bonds. The molecule has 0 aromatic carbocycles. The molecule has 4 heteroatoms. The molecule has 1 aliphatic rings. The van der Waals surface area contributed by atoms with Crippen molar-refractivity contribution in [2.45, 2.75) is 34.6 Å². The first kappa shape index (κ1) is 14.0. The largest absolute Gasteiger partial charge is 0.466 e. The molecule has 0 aliphatic heterocycles. The average Bonchev–Trinajstić information content (AvgIpc) is 2.74. The predicted octanol–water partition coefficient (Wildman–Crippen LogP) is 2.02. The van der Waals surface area contributed by atoms with Gasteiger partial charge in [-0.15, -0.1) is 0 Å². The Morgan fingerprint density at radius 3 is 2.29 bits per heavy atom. The summed E-state index contributed by atoms with van der Waals surface area (Å²) in [5.74, 6) is -0.178. The van der Waals surface area contributed by atoms with Gasteiger partial charge in [0.2, 0.25) is 0 Å². The van der Waals surface area contributed by atoms with E-state index < -0.39 is 0 Å². The second-order valence-electron chi connectivity index (χ2n) is 5.73. The smallest absolute Gasteiger partial charge is 0.309 e. The first-order valence-corrected chi connectivity index (χ1v) is 6.06. The molecule has 0 saturated heterocycles. The summed E-state index contributed by atoms with van der Waals surface area (Å²) in [6.07, 6.45) is 0. The van der Waals surface area contributed by atoms with Crippen LogP contribution in [0.2, 0.25) is 0 Å². The van der Waals surface area contributed by atoms with Crippen LogP contribution in [0.15, 0.2) is 0 Å². The van der Waals surface area contributed by atoms with E-state index in [-0.39, 0.29) is 29.2 Å². The Hall–Kier alpha value is -1.06. The van der Waals surface area contributed by atoms with Crippen LogP contribution in [0.25, 0.3) is 0 Å². The van der Waals surface area contributed by atoms with Gasteiger partial charge < -0.3 is 9.47 Å². The molecule has 0 N–H and O–H groups in total. The molecule has 1 rings (SSSR count). The van der Waals surface area contributed by atoms with Crippen LogP contribution in [0.4, 0.5) is 0 Å². The highest BCUT2D eigenvalue weighted by Gasteiger charge is 2.63. The monoisotopic (exact) mass is 242 g/mol. The third kappa shape index (κ3) is 3.45. The third-order valence-corrected chi connectivity index (χ3v) is 3.33. The molecule has 2 atom stereocenters. The van der Waals surface area contributed by atoms with Crippen LogP contribution in [-0.4, -0.2) is 25.2 Å². The standard InChI is InChI=1S/C13H22O4/c1-8(2)6-17-12(15)11-10(13(11,4)5)7-16-9(3)14/h8,10-11H,6-7H2,1-5H3. The Morgan fingerprint density at radius 2 is 1.82 bits per heavy atom. The summed E-state index contributed by atoms with van der Waals surface area (Å²) in [5, 5.41) is 0. The molecule has 1 aliphatic carbocycles. The van der Waals surface area contributed by atoms with Crippen LogP contribution in [-0.2, 0) is 19.1 Å². The fourth-order valence-corrected chi connectivity index (χ4v) is 2.07. The summed E-state index contributed by atoms with van der Waals surface area (Å²) in [4.78, 5) is 22.6. The third-order valence-electron chi connectivity index (χ3n) is 3.33. The van der Waals surface area contributed by atoms with Gasteiger partial charge in [0.15, 0.2) is 0 Å². The van der Waals surface area contributed by atoms with Crippen LogP contribution < -0.4 is 0 Å². The van der Waals surface area contributed by atoms with E-state index in [1.807, 2.05) is 27.7 Å². The van der Waals surface area contributed by atoms with Crippen molar-refractivity contribution in [3.05, 3.63) is 0 Å². The maximum absolute atomic E-state index is 11.8. The molecule has 0 radical (unpaired) electrons. The van der Waals surface area contributed by atoms with Gasteiger partial charge in [-0.25, -0.2) is 0 Å². The molecule has 0 spiro atoms. The van der Waals surface area contributed by atoms with E-state index in [1.54, 1.807) is 0 Å². The minimum atomic E-state index is -0.304. The zero-order valence-corrected chi connectivity index (χ0v) is 11.3. The lowest BCUT2D eigenvalue weighted by molar-refractivity contribution is -0.148. The van der Waals surface area contributed by atoms with Crippen molar-refractivity contribution < 1.29 is 19.1 Å². The molecule has 2 unspecified atom stereocenters. The second kappa shape index (κ2) is 5.07. The number of hydrogen-bond donors (Lipinski definition) is 0. The van der Waals surface area contributed by atoms with Crippen LogP contribution >= 0.6 is 0 Å². The highest BCUT2D eigenvalue weighted by molar-refractivity contribution is 5.77. The van der Waals surface area contributed by atoms with Crippen molar-refractivity contribution in [3.8, 4) is 0 Å². The quantitative estimate of drug-likeness (QED) is 0.692. The Morgan fingerprint density at radius 1 is 1.24 bits per heavy atom. The van der Waals surface area contributed by atoms with E-state index in [0.29, 0.717) is 19.1 Å². The maximum Gasteiger partial charge on any atom is 0.309 e. The number of ether oxygens (including phenoxy) is 2. The highest BCUT2D eigenvalue weighted by Crippen LogP contribution is 2.58. The van der Waals surface area contributed by atoms with E-state index in [1.165, 1.54) is 6.92 Å². The van der Waals surface area contributed by atoms with Crippen molar-refractivity contribution in [2.24, 2.45) is 23.2 Å². The lowest BCUT2D eigenvalue weighted by Gasteiger charge is -2.07. The van der Waals surface area contributed by atoms with Crippen LogP contribution in [0.1, 0.15) is 34.6 Å². The van der Waals surface area contributed by atoms with Gasteiger partial charge in [0, 0.05) is 12.8 Å². The Bertz CT molecular complexity index is 307. The summed E-state index contributed by atoms with van der Waals surface area (Å²) in [7, 11) is 0. The fourth-order valence-electron chi connectivity index (χ4n) is 2.07. The molecular weight excluding hydrogens is 220 g/mol. The van der Waals surface area contributed by atoms with Crippen molar-refractivity contribution in [1.29, 1.82) is 0 Å². The van der Waals surface area contributed by atoms with Gasteiger partial charge >= 0.3 is 11.9 Å². The van der Waals surface area contributed by atoms with Crippen molar-refractivity contribution >= 4 is 11.9 Å². The summed E-state index contributed by atoms with van der Waals surface area (Å²) < 4.78 is 10.2. The number of esters is 2. The Kier molecular flexibility index (Phi) is 4.17. The Labute approximate surface area is 103 Å². The van der Waals surface area contributed by atoms with Gasteiger partial charge in [0.1, 0.15) is 0 Å². The summed E-state index contributed by atoms with van der Waals surface area (Å²) >= 11 is 0. The summed E-state index contributed by atoms with van der Waals surface area (Å²) in [5.41, 5.74) is -0.122. The van der Waals surface area contributed by atoms with Crippen LogP contribution in [0, 0.1) is 23.2 Å². The van der Waals surface area contributed by atoms with Gasteiger partial charge in [-0.05, 0) is 11.3 Å². The van der Waals surface area contributed by atoms with Gasteiger partial charge in [0.05, 0.1) is 19.1 Å². The van der Waals surface area contributed by atoms with E-state index in [4.69, 9.17) is 9.47 Å². The van der Waals surface area contributed by atoms with Gasteiger partial charge in [0.25, 0.3) is 0 Å². The molecule has 0 heterocycles. The molecule has 1 fully saturated rings. The molecule has 0 aromatic rings. The van der Waals surface area contributed by atoms with Gasteiger partial charge in [-0.2, -0.15) is 0 Å². The predicted molar refractivity (Wildman–Crippen MR) is 63.2 cm³/mol. The average molecular weight is 242 g/mol. The van der Waals surface area contributed by atoms with Gasteiger partial charge in [-0.3, -0.25) is 9.59 Å². The first-order valence-electron chi connectivity index (χ1n) is 6.06. The fraction of sp³-hybridized carbons (Fsp3) is 0.846. The zero-order chi connectivity index (χ0) is 13.2. The number of hydrogen-bond acceptors (Lipinski definition) is 4. The van der Waals surface area contributed by atoms with Crippen molar-refractivity contribution in [2.75, 3.05) is 13.2 Å². The molecule has 17 heavy (non-hydrogen) atoms. The van der Waals surface area contributed by atoms with E-state index in [0.717, 1.165) is 0 Å². The van der Waals surface area contributed by atoms with Crippen LogP contribution in [0.5, 0.6) is 0 Å². The van der Waals surface area contributed by atoms with Gasteiger partial charge in [-0.1, -0.05) is 27.7 Å². The molecule has 0 aromatic heterocycles.